The van der Waals surface area contributed by atoms with Gasteiger partial charge in [0.05, 0.1) is 36.0 Å². The number of nitrogens with zero attached hydrogens (tertiary/aromatic N) is 8. The highest BCUT2D eigenvalue weighted by Gasteiger charge is 2.37. The number of hydrogen-bond acceptors (Lipinski definition) is 15. The summed E-state index contributed by atoms with van der Waals surface area (Å²) in [6, 6.07) is 138. The van der Waals surface area contributed by atoms with Crippen LogP contribution in [-0.2, 0) is 103 Å². The van der Waals surface area contributed by atoms with Gasteiger partial charge in [0.2, 0.25) is 0 Å². The van der Waals surface area contributed by atoms with Crippen molar-refractivity contribution in [3.05, 3.63) is 565 Å². The Labute approximate surface area is 877 Å². The minimum atomic E-state index is -0.317. The second-order valence-electron chi connectivity index (χ2n) is 36.3. The van der Waals surface area contributed by atoms with E-state index in [1.165, 1.54) is 11.6 Å². The van der Waals surface area contributed by atoms with Crippen molar-refractivity contribution < 1.29 is 53.7 Å². The van der Waals surface area contributed by atoms with Crippen LogP contribution in [0.3, 0.4) is 0 Å². The highest BCUT2D eigenvalue weighted by Crippen LogP contribution is 2.36. The smallest absolute Gasteiger partial charge is 0.282 e. The molecule has 16 aromatic rings. The number of ketones is 4. The van der Waals surface area contributed by atoms with Crippen molar-refractivity contribution in [2.24, 2.45) is 20.0 Å². The molecule has 0 unspecified atom stereocenters. The van der Waals surface area contributed by atoms with Crippen LogP contribution in [0.15, 0.2) is 480 Å². The molecule has 16 aromatic carbocycles. The largest absolute Gasteiger partial charge is 0.508 e. The van der Waals surface area contributed by atoms with Gasteiger partial charge in [-0.1, -0.05) is 376 Å². The number of benzene rings is 16. The van der Waals surface area contributed by atoms with Gasteiger partial charge in [-0.3, -0.25) is 58.0 Å². The lowest BCUT2D eigenvalue weighted by molar-refractivity contribution is -0.119. The van der Waals surface area contributed by atoms with Crippen LogP contribution in [0.2, 0.25) is 5.02 Å². The number of aromatic hydroxyl groups is 1. The lowest BCUT2D eigenvalue weighted by Crippen LogP contribution is -2.32. The summed E-state index contributed by atoms with van der Waals surface area (Å²) in [5.41, 5.74) is 20.1. The van der Waals surface area contributed by atoms with Crippen molar-refractivity contribution in [2.45, 2.75) is 90.3 Å². The summed E-state index contributed by atoms with van der Waals surface area (Å²) >= 11 is 6.01. The molecule has 4 amide bonds. The van der Waals surface area contributed by atoms with Crippen molar-refractivity contribution in [1.82, 2.24) is 0 Å². The van der Waals surface area contributed by atoms with Gasteiger partial charge in [0, 0.05) is 84.2 Å². The standard InChI is InChI=1S/C33H28N2O4.C33H28N2O3.C32H25ClN2O2.C32H26N2O2/c36-22-27-19-25(14-18-31(27)38)21-30-33(39)35(32(34-30)26-9-5-2-6-10-26)28-15-11-24(12-16-28)20-29(37)17-13-23-7-3-1-4-8-23;36-23-27-13-11-26(12-14-27)22-31-33(38)35(32(34-31)28-9-5-2-6-10-28)29-18-15-25(16-19-29)21-30(37)20-17-24-7-3-1-4-8-24;33-27-16-11-25(12-17-27)22-30-32(37)35(31(34-30)26-9-5-2-6-10-26)28-18-13-24(14-19-28)21-29(36)20-15-23-7-3-1-4-8-23;35-29(21-18-24-10-4-1-5-11-24)22-26-16-19-28(20-17-26)34-31(27-14-8-3-9-15-27)33-30(32(34)36)23-25-12-6-2-7-13-25/h1-12,14-16,18-19,21,36,38H,13,17,20,22H2;1-16,18-19,22,36H,17,20-21,23H2;1-14,16-19,22H,15,20-21H2;1-17,19-20,23H,18,21-22H2/b30-21-;31-22-;30-22-;30-23-. The van der Waals surface area contributed by atoms with Crippen LogP contribution >= 0.6 is 11.6 Å². The van der Waals surface area contributed by atoms with Crippen molar-refractivity contribution >= 4 is 129 Å². The van der Waals surface area contributed by atoms with Crippen LogP contribution < -0.4 is 19.6 Å². The molecule has 0 spiro atoms. The first-order valence-corrected chi connectivity index (χ1v) is 50.1. The van der Waals surface area contributed by atoms with E-state index >= 15 is 0 Å². The first-order chi connectivity index (χ1) is 73.3. The number of carbonyl (C=O) groups is 8. The lowest BCUT2D eigenvalue weighted by atomic mass is 10.0. The predicted molar refractivity (Wildman–Crippen MR) is 598 cm³/mol. The van der Waals surface area contributed by atoms with E-state index in [9.17, 15) is 53.7 Å². The Morgan fingerprint density at radius 2 is 0.460 bits per heavy atom. The van der Waals surface area contributed by atoms with Gasteiger partial charge in [0.25, 0.3) is 23.6 Å². The van der Waals surface area contributed by atoms with Gasteiger partial charge in [0.15, 0.2) is 0 Å². The number of rotatable bonds is 34. The number of hydrogen-bond donors (Lipinski definition) is 3. The third kappa shape index (κ3) is 27.7. The molecule has 0 bridgehead atoms. The number of aryl methyl sites for hydroxylation is 4. The number of aliphatic imine (C=N–C) groups is 4. The highest BCUT2D eigenvalue weighted by molar-refractivity contribution is 6.36. The number of anilines is 4. The molecule has 20 rings (SSSR count). The molecule has 0 aromatic heterocycles. The van der Waals surface area contributed by atoms with Crippen LogP contribution in [0, 0.1) is 0 Å². The quantitative estimate of drug-likeness (QED) is 0.0319. The minimum absolute atomic E-state index is 0.00821. The Kier molecular flexibility index (Phi) is 35.1. The summed E-state index contributed by atoms with van der Waals surface area (Å²) in [6.07, 6.45) is 13.3. The molecular formula is C130H107ClN8O11. The summed E-state index contributed by atoms with van der Waals surface area (Å²) < 4.78 is 0. The van der Waals surface area contributed by atoms with Gasteiger partial charge in [0.1, 0.15) is 75.0 Å². The Balaban J connectivity index is 0.000000136. The average molecular weight is 1990 g/mol. The number of amidine groups is 4. The van der Waals surface area contributed by atoms with Crippen molar-refractivity contribution in [1.29, 1.82) is 0 Å². The number of aliphatic hydroxyl groups is 2. The van der Waals surface area contributed by atoms with Crippen LogP contribution in [0.5, 0.6) is 5.75 Å². The molecule has 4 aliphatic heterocycles. The first-order valence-electron chi connectivity index (χ1n) is 49.7. The predicted octanol–water partition coefficient (Wildman–Crippen LogP) is 24.4. The van der Waals surface area contributed by atoms with Gasteiger partial charge in [-0.2, -0.15) is 0 Å². The maximum absolute atomic E-state index is 13.6. The molecule has 3 N–H and O–H groups in total. The van der Waals surface area contributed by atoms with E-state index < -0.39 is 0 Å². The molecule has 0 fully saturated rings. The van der Waals surface area contributed by atoms with E-state index in [4.69, 9.17) is 26.6 Å². The van der Waals surface area contributed by atoms with E-state index in [-0.39, 0.29) is 71.4 Å². The zero-order valence-electron chi connectivity index (χ0n) is 82.3. The third-order valence-corrected chi connectivity index (χ3v) is 25.7. The highest BCUT2D eigenvalue weighted by atomic mass is 35.5. The summed E-state index contributed by atoms with van der Waals surface area (Å²) in [4.78, 5) is 130. The fraction of sp³-hybridized carbons (Fsp3) is 0.108. The Morgan fingerprint density at radius 1 is 0.240 bits per heavy atom. The number of amides is 4. The molecule has 0 atom stereocenters. The van der Waals surface area contributed by atoms with Crippen LogP contribution in [0.25, 0.3) is 24.3 Å². The number of phenols is 1. The third-order valence-electron chi connectivity index (χ3n) is 25.4. The molecule has 0 saturated heterocycles. The Bertz CT molecular complexity index is 7730. The molecule has 19 nitrogen and oxygen atoms in total. The molecule has 4 aliphatic rings. The van der Waals surface area contributed by atoms with Gasteiger partial charge in [-0.25, -0.2) is 20.0 Å². The molecule has 0 radical (unpaired) electrons. The second-order valence-corrected chi connectivity index (χ2v) is 36.7. The molecule has 740 valence electrons. The van der Waals surface area contributed by atoms with Crippen molar-refractivity contribution in [3.8, 4) is 5.75 Å². The topological polar surface area (TPSA) is 260 Å². The van der Waals surface area contributed by atoms with E-state index in [0.29, 0.717) is 131 Å². The maximum Gasteiger partial charge on any atom is 0.282 e. The number of carbonyl (C=O) groups excluding carboxylic acids is 8. The van der Waals surface area contributed by atoms with E-state index in [1.807, 2.05) is 413 Å². The van der Waals surface area contributed by atoms with Crippen LogP contribution in [0.4, 0.5) is 22.7 Å². The van der Waals surface area contributed by atoms with E-state index in [0.717, 1.165) is 108 Å². The van der Waals surface area contributed by atoms with Crippen molar-refractivity contribution in [3.63, 3.8) is 0 Å². The fourth-order valence-corrected chi connectivity index (χ4v) is 17.6. The SMILES string of the molecule is O=C(CCc1ccccc1)Cc1ccc(N2C(=O)/C(=C/c3ccc(CO)cc3)N=C2c2ccccc2)cc1.O=C(CCc1ccccc1)Cc1ccc(N2C(=O)/C(=C/c3ccc(Cl)cc3)N=C2c2ccccc2)cc1.O=C(CCc1ccccc1)Cc1ccc(N2C(=O)/C(=C/c3ccc(O)c(CO)c3)N=C2c2ccccc2)cc1.O=C(CCc1ccccc1)Cc1ccc(N2C(=O)/C(=C/c3ccccc3)N=C2c2ccccc2)cc1. The summed E-state index contributed by atoms with van der Waals surface area (Å²) in [5.74, 6) is 2.04. The maximum atomic E-state index is 13.6. The second kappa shape index (κ2) is 51.0. The Morgan fingerprint density at radius 3 is 0.713 bits per heavy atom. The number of Topliss-reactive ketones (excluding diaryl/α,β-unsaturated/α-hetero) is 4. The zero-order valence-corrected chi connectivity index (χ0v) is 83.1. The Hall–Kier alpha value is -18.3. The average Bonchev–Trinajstić information content (AvgIpc) is 1.64. The normalized spacial score (nSPS) is 14.2. The summed E-state index contributed by atoms with van der Waals surface area (Å²) in [7, 11) is 0. The first kappa shape index (κ1) is 103. The summed E-state index contributed by atoms with van der Waals surface area (Å²) in [6.45, 7) is -0.350. The van der Waals surface area contributed by atoms with Crippen LogP contribution in [-0.4, -0.2) is 85.4 Å². The van der Waals surface area contributed by atoms with Crippen molar-refractivity contribution in [2.75, 3.05) is 19.6 Å². The molecule has 0 aliphatic carbocycles. The molecular weight excluding hydrogens is 1880 g/mol. The summed E-state index contributed by atoms with van der Waals surface area (Å²) in [5, 5.41) is 29.3. The van der Waals surface area contributed by atoms with Gasteiger partial charge in [-0.15, -0.1) is 0 Å². The number of aliphatic hydroxyl groups excluding tert-OH is 2. The minimum Gasteiger partial charge on any atom is -0.508 e. The van der Waals surface area contributed by atoms with Gasteiger partial charge < -0.3 is 15.3 Å². The monoisotopic (exact) mass is 1990 g/mol. The molecule has 20 heteroatoms. The molecule has 150 heavy (non-hydrogen) atoms. The number of halogens is 1. The molecule has 4 heterocycles. The van der Waals surface area contributed by atoms with Gasteiger partial charge >= 0.3 is 0 Å². The van der Waals surface area contributed by atoms with E-state index in [2.05, 4.69) is 4.99 Å². The molecule has 0 saturated carbocycles. The lowest BCUT2D eigenvalue weighted by Gasteiger charge is -2.19. The van der Waals surface area contributed by atoms with Crippen LogP contribution in [0.1, 0.15) is 126 Å². The van der Waals surface area contributed by atoms with Gasteiger partial charge in [-0.05, 0) is 195 Å². The zero-order chi connectivity index (χ0) is 104. The van der Waals surface area contributed by atoms with E-state index in [1.54, 1.807) is 62.1 Å². The fourth-order valence-electron chi connectivity index (χ4n) is 17.5.